The molecule has 0 aromatic heterocycles. The Kier molecular flexibility index (Phi) is 5.60. The van der Waals surface area contributed by atoms with Crippen LogP contribution in [0.2, 0.25) is 0 Å². The Morgan fingerprint density at radius 3 is 2.50 bits per heavy atom. The number of nitriles is 1. The summed E-state index contributed by atoms with van der Waals surface area (Å²) >= 11 is 0. The molecule has 1 N–H and O–H groups in total. The van der Waals surface area contributed by atoms with Gasteiger partial charge in [-0.2, -0.15) is 5.26 Å². The second-order valence-electron chi connectivity index (χ2n) is 4.17. The van der Waals surface area contributed by atoms with Gasteiger partial charge in [0.05, 0.1) is 23.9 Å². The highest BCUT2D eigenvalue weighted by atomic mass is 19.1. The largest absolute Gasteiger partial charge is 0.395 e. The van der Waals surface area contributed by atoms with Crippen LogP contribution in [-0.2, 0) is 0 Å². The van der Waals surface area contributed by atoms with Crippen molar-refractivity contribution in [3.8, 4) is 6.07 Å². The van der Waals surface area contributed by atoms with Gasteiger partial charge in [-0.15, -0.1) is 0 Å². The van der Waals surface area contributed by atoms with E-state index >= 15 is 0 Å². The van der Waals surface area contributed by atoms with E-state index in [9.17, 15) is 4.39 Å². The van der Waals surface area contributed by atoms with Crippen LogP contribution >= 0.6 is 0 Å². The zero-order valence-corrected chi connectivity index (χ0v) is 10.9. The summed E-state index contributed by atoms with van der Waals surface area (Å²) in [5, 5.41) is 17.8. The maximum atomic E-state index is 14.0. The summed E-state index contributed by atoms with van der Waals surface area (Å²) in [6.07, 6.45) is 1.77. The van der Waals surface area contributed by atoms with E-state index in [4.69, 9.17) is 10.4 Å². The molecule has 98 valence electrons. The van der Waals surface area contributed by atoms with E-state index in [2.05, 4.69) is 0 Å². The van der Waals surface area contributed by atoms with Crippen molar-refractivity contribution in [1.29, 1.82) is 5.26 Å². The van der Waals surface area contributed by atoms with Gasteiger partial charge in [-0.3, -0.25) is 0 Å². The summed E-state index contributed by atoms with van der Waals surface area (Å²) in [7, 11) is 0. The lowest BCUT2D eigenvalue weighted by Crippen LogP contribution is -2.37. The van der Waals surface area contributed by atoms with Crippen molar-refractivity contribution in [1.82, 2.24) is 0 Å². The normalized spacial score (nSPS) is 10.4. The average Bonchev–Trinajstić information content (AvgIpc) is 2.39. The molecule has 18 heavy (non-hydrogen) atoms. The molecular formula is C14H19FN2O. The van der Waals surface area contributed by atoms with Gasteiger partial charge in [-0.1, -0.05) is 13.8 Å². The molecule has 1 rings (SSSR count). The van der Waals surface area contributed by atoms with Crippen LogP contribution in [0.1, 0.15) is 32.3 Å². The summed E-state index contributed by atoms with van der Waals surface area (Å²) in [6, 6.07) is 6.56. The number of anilines is 1. The van der Waals surface area contributed by atoms with Crippen molar-refractivity contribution in [2.75, 3.05) is 18.1 Å². The predicted octanol–water partition coefficient (Wildman–Crippen LogP) is 2.68. The molecular weight excluding hydrogens is 231 g/mol. The molecule has 0 amide bonds. The molecule has 0 saturated heterocycles. The third-order valence-corrected chi connectivity index (χ3v) is 3.11. The van der Waals surface area contributed by atoms with Crippen molar-refractivity contribution in [2.24, 2.45) is 0 Å². The molecule has 1 aromatic carbocycles. The molecule has 0 radical (unpaired) electrons. The SMILES string of the molecule is CCC(CC)N(CCO)c1ccc(C#N)cc1F. The smallest absolute Gasteiger partial charge is 0.147 e. The molecule has 0 heterocycles. The first-order chi connectivity index (χ1) is 8.67. The highest BCUT2D eigenvalue weighted by Crippen LogP contribution is 2.24. The van der Waals surface area contributed by atoms with Crippen LogP contribution in [0.15, 0.2) is 18.2 Å². The van der Waals surface area contributed by atoms with Crippen molar-refractivity contribution in [3.05, 3.63) is 29.6 Å². The van der Waals surface area contributed by atoms with Gasteiger partial charge >= 0.3 is 0 Å². The highest BCUT2D eigenvalue weighted by Gasteiger charge is 2.18. The number of aliphatic hydroxyl groups excluding tert-OH is 1. The Labute approximate surface area is 107 Å². The standard InChI is InChI=1S/C14H19FN2O/c1-3-12(4-2)17(7-8-18)14-6-5-11(10-16)9-13(14)15/h5-6,9,12,18H,3-4,7-8H2,1-2H3. The molecule has 0 aliphatic carbocycles. The first-order valence-electron chi connectivity index (χ1n) is 6.25. The Morgan fingerprint density at radius 1 is 1.39 bits per heavy atom. The van der Waals surface area contributed by atoms with Crippen LogP contribution in [0.5, 0.6) is 0 Å². The molecule has 0 saturated carbocycles. The van der Waals surface area contributed by atoms with Crippen molar-refractivity contribution < 1.29 is 9.50 Å². The molecule has 0 atom stereocenters. The monoisotopic (exact) mass is 250 g/mol. The van der Waals surface area contributed by atoms with Crippen molar-refractivity contribution in [2.45, 2.75) is 32.7 Å². The van der Waals surface area contributed by atoms with Gasteiger partial charge in [0.25, 0.3) is 0 Å². The van der Waals surface area contributed by atoms with Crippen molar-refractivity contribution in [3.63, 3.8) is 0 Å². The fraction of sp³-hybridized carbons (Fsp3) is 0.500. The van der Waals surface area contributed by atoms with Gasteiger partial charge in [-0.25, -0.2) is 4.39 Å². The van der Waals surface area contributed by atoms with Gasteiger partial charge in [0.2, 0.25) is 0 Å². The van der Waals surface area contributed by atoms with Crippen LogP contribution in [0, 0.1) is 17.1 Å². The molecule has 1 aromatic rings. The zero-order valence-electron chi connectivity index (χ0n) is 10.9. The molecule has 3 nitrogen and oxygen atoms in total. The lowest BCUT2D eigenvalue weighted by Gasteiger charge is -2.32. The molecule has 0 aliphatic heterocycles. The summed E-state index contributed by atoms with van der Waals surface area (Å²) in [4.78, 5) is 1.87. The predicted molar refractivity (Wildman–Crippen MR) is 69.9 cm³/mol. The van der Waals surface area contributed by atoms with E-state index in [1.807, 2.05) is 24.8 Å². The van der Waals surface area contributed by atoms with E-state index < -0.39 is 5.82 Å². The topological polar surface area (TPSA) is 47.3 Å². The first kappa shape index (κ1) is 14.5. The summed E-state index contributed by atoms with van der Waals surface area (Å²) < 4.78 is 14.0. The maximum absolute atomic E-state index is 14.0. The third kappa shape index (κ3) is 3.21. The summed E-state index contributed by atoms with van der Waals surface area (Å²) in [5.41, 5.74) is 0.765. The van der Waals surface area contributed by atoms with Crippen LogP contribution in [0.25, 0.3) is 0 Å². The number of halogens is 1. The molecule has 4 heteroatoms. The van der Waals surface area contributed by atoms with E-state index in [0.29, 0.717) is 17.8 Å². The Morgan fingerprint density at radius 2 is 2.06 bits per heavy atom. The van der Waals surface area contributed by atoms with Gasteiger partial charge in [0, 0.05) is 12.6 Å². The van der Waals surface area contributed by atoms with E-state index in [1.54, 1.807) is 12.1 Å². The van der Waals surface area contributed by atoms with Gasteiger partial charge < -0.3 is 10.0 Å². The zero-order chi connectivity index (χ0) is 13.5. The second-order valence-corrected chi connectivity index (χ2v) is 4.17. The number of benzene rings is 1. The fourth-order valence-corrected chi connectivity index (χ4v) is 2.15. The average molecular weight is 250 g/mol. The van der Waals surface area contributed by atoms with E-state index in [1.165, 1.54) is 6.07 Å². The lowest BCUT2D eigenvalue weighted by atomic mass is 10.1. The minimum absolute atomic E-state index is 0.0179. The van der Waals surface area contributed by atoms with E-state index in [-0.39, 0.29) is 12.6 Å². The minimum atomic E-state index is -0.408. The summed E-state index contributed by atoms with van der Waals surface area (Å²) in [6.45, 7) is 4.46. The number of rotatable bonds is 6. The number of hydrogen-bond donors (Lipinski definition) is 1. The number of hydrogen-bond acceptors (Lipinski definition) is 3. The van der Waals surface area contributed by atoms with Gasteiger partial charge in [0.15, 0.2) is 0 Å². The third-order valence-electron chi connectivity index (χ3n) is 3.11. The van der Waals surface area contributed by atoms with E-state index in [0.717, 1.165) is 12.8 Å². The number of nitrogens with zero attached hydrogens (tertiary/aromatic N) is 2. The van der Waals surface area contributed by atoms with Crippen molar-refractivity contribution >= 4 is 5.69 Å². The lowest BCUT2D eigenvalue weighted by molar-refractivity contribution is 0.295. The Hall–Kier alpha value is -1.60. The Balaban J connectivity index is 3.09. The molecule has 0 spiro atoms. The van der Waals surface area contributed by atoms with Crippen LogP contribution in [-0.4, -0.2) is 24.3 Å². The van der Waals surface area contributed by atoms with Crippen LogP contribution < -0.4 is 4.90 Å². The van der Waals surface area contributed by atoms with Gasteiger partial charge in [-0.05, 0) is 31.0 Å². The molecule has 0 fully saturated rings. The first-order valence-corrected chi connectivity index (χ1v) is 6.25. The molecule has 0 unspecified atom stereocenters. The highest BCUT2D eigenvalue weighted by molar-refractivity contribution is 5.52. The maximum Gasteiger partial charge on any atom is 0.147 e. The minimum Gasteiger partial charge on any atom is -0.395 e. The van der Waals surface area contributed by atoms with Gasteiger partial charge in [0.1, 0.15) is 5.82 Å². The quantitative estimate of drug-likeness (QED) is 0.844. The van der Waals surface area contributed by atoms with Crippen LogP contribution in [0.3, 0.4) is 0 Å². The molecule has 0 aliphatic rings. The fourth-order valence-electron chi connectivity index (χ4n) is 2.15. The molecule has 0 bridgehead atoms. The number of aliphatic hydroxyl groups is 1. The van der Waals surface area contributed by atoms with Crippen LogP contribution in [0.4, 0.5) is 10.1 Å². The summed E-state index contributed by atoms with van der Waals surface area (Å²) in [5.74, 6) is -0.408. The Bertz CT molecular complexity index is 424. The second kappa shape index (κ2) is 6.97.